The minimum Gasteiger partial charge on any atom is -0.493 e. The first kappa shape index (κ1) is 39.5. The highest BCUT2D eigenvalue weighted by molar-refractivity contribution is 6.32. The maximum absolute atomic E-state index is 11.0. The number of likely N-dealkylation sites (tertiary alicyclic amines) is 1. The Bertz CT molecular complexity index is 2040. The van der Waals surface area contributed by atoms with Crippen LogP contribution in [0.1, 0.15) is 52.6 Å². The van der Waals surface area contributed by atoms with Gasteiger partial charge >= 0.3 is 5.97 Å². The Hall–Kier alpha value is -5.19. The van der Waals surface area contributed by atoms with Crippen LogP contribution < -0.4 is 19.5 Å². The quantitative estimate of drug-likeness (QED) is 0.113. The van der Waals surface area contributed by atoms with Gasteiger partial charge in [-0.3, -0.25) is 9.98 Å². The summed E-state index contributed by atoms with van der Waals surface area (Å²) >= 11 is 6.84. The number of pyridine rings is 1. The number of carbonyl (C=O) groups is 1. The summed E-state index contributed by atoms with van der Waals surface area (Å²) < 4.78 is 24.3. The number of nitrogens with zero attached hydrogens (tertiary/aromatic N) is 4. The second-order valence-electron chi connectivity index (χ2n) is 13.7. The fourth-order valence-electron chi connectivity index (χ4n) is 6.71. The summed E-state index contributed by atoms with van der Waals surface area (Å²) in [6, 6.07) is 19.6. The molecule has 6 rings (SSSR count). The molecule has 3 aromatic carbocycles. The topological polar surface area (TPSA) is 159 Å². The predicted molar refractivity (Wildman–Crippen MR) is 209 cm³/mol. The van der Waals surface area contributed by atoms with Crippen molar-refractivity contribution in [2.24, 2.45) is 4.99 Å². The number of aliphatic imine (C=N–C) groups is 1. The molecule has 2 aliphatic rings. The van der Waals surface area contributed by atoms with Gasteiger partial charge in [-0.05, 0) is 79.1 Å². The molecule has 1 unspecified atom stereocenters. The summed E-state index contributed by atoms with van der Waals surface area (Å²) in [5.74, 6) is 1.21. The fraction of sp³-hybridized carbons (Fsp3) is 0.381. The molecule has 0 amide bonds. The summed E-state index contributed by atoms with van der Waals surface area (Å²) in [7, 11) is 0. The van der Waals surface area contributed by atoms with E-state index < -0.39 is 18.7 Å². The van der Waals surface area contributed by atoms with Crippen molar-refractivity contribution < 1.29 is 34.0 Å². The number of piperidine rings is 1. The van der Waals surface area contributed by atoms with E-state index in [9.17, 15) is 15.2 Å². The van der Waals surface area contributed by atoms with E-state index in [1.54, 1.807) is 24.4 Å². The molecule has 2 aliphatic heterocycles. The Morgan fingerprint density at radius 2 is 1.73 bits per heavy atom. The van der Waals surface area contributed by atoms with E-state index >= 15 is 0 Å². The van der Waals surface area contributed by atoms with Gasteiger partial charge in [-0.1, -0.05) is 41.9 Å². The van der Waals surface area contributed by atoms with Crippen molar-refractivity contribution >= 4 is 23.4 Å². The molecule has 0 spiro atoms. The fourth-order valence-corrected chi connectivity index (χ4v) is 6.92. The van der Waals surface area contributed by atoms with Crippen LogP contribution in [0.4, 0.5) is 0 Å². The van der Waals surface area contributed by atoms with Gasteiger partial charge in [-0.15, -0.1) is 0 Å². The zero-order valence-electron chi connectivity index (χ0n) is 31.1. The summed E-state index contributed by atoms with van der Waals surface area (Å²) in [6.45, 7) is 8.19. The number of aliphatic hydroxyl groups excluding tert-OH is 1. The first-order chi connectivity index (χ1) is 26.7. The van der Waals surface area contributed by atoms with Gasteiger partial charge in [0, 0.05) is 50.2 Å². The average Bonchev–Trinajstić information content (AvgIpc) is 3.19. The molecule has 13 heteroatoms. The van der Waals surface area contributed by atoms with Gasteiger partial charge in [-0.25, -0.2) is 4.79 Å². The number of nitriles is 1. The highest BCUT2D eigenvalue weighted by Gasteiger charge is 2.23. The van der Waals surface area contributed by atoms with Gasteiger partial charge in [0.05, 0.1) is 41.5 Å². The Kier molecular flexibility index (Phi) is 13.6. The number of halogens is 1. The van der Waals surface area contributed by atoms with E-state index in [1.165, 1.54) is 6.20 Å². The van der Waals surface area contributed by atoms with Crippen molar-refractivity contribution in [1.82, 2.24) is 15.2 Å². The Morgan fingerprint density at radius 1 is 0.964 bits per heavy atom. The number of aromatic nitrogens is 1. The van der Waals surface area contributed by atoms with Crippen molar-refractivity contribution in [1.29, 1.82) is 5.26 Å². The minimum absolute atomic E-state index is 0.126. The highest BCUT2D eigenvalue weighted by atomic mass is 35.5. The number of carboxylic acids is 1. The molecule has 1 atom stereocenters. The monoisotopic (exact) mass is 767 g/mol. The van der Waals surface area contributed by atoms with Crippen LogP contribution in [-0.2, 0) is 22.7 Å². The summed E-state index contributed by atoms with van der Waals surface area (Å²) in [5.41, 5.74) is 7.03. The number of amidine groups is 1. The average molecular weight is 768 g/mol. The second kappa shape index (κ2) is 18.9. The number of nitrogens with one attached hydrogen (secondary N) is 1. The lowest BCUT2D eigenvalue weighted by Gasteiger charge is -2.29. The molecule has 0 radical (unpaired) electrons. The van der Waals surface area contributed by atoms with Crippen LogP contribution in [0.5, 0.6) is 17.2 Å². The number of aliphatic hydroxyl groups is 1. The third kappa shape index (κ3) is 10.5. The van der Waals surface area contributed by atoms with Crippen LogP contribution in [0.3, 0.4) is 0 Å². The van der Waals surface area contributed by atoms with E-state index in [0.29, 0.717) is 52.2 Å². The maximum Gasteiger partial charge on any atom is 0.329 e. The largest absolute Gasteiger partial charge is 0.493 e. The first-order valence-corrected chi connectivity index (χ1v) is 18.8. The number of rotatable bonds is 16. The van der Waals surface area contributed by atoms with Crippen molar-refractivity contribution in [2.45, 2.75) is 58.5 Å². The van der Waals surface area contributed by atoms with E-state index in [0.717, 1.165) is 72.5 Å². The van der Waals surface area contributed by atoms with Crippen LogP contribution in [0.2, 0.25) is 5.02 Å². The molecule has 0 saturated carbocycles. The van der Waals surface area contributed by atoms with Crippen LogP contribution in [0, 0.1) is 25.2 Å². The number of ether oxygens (including phenoxy) is 4. The Morgan fingerprint density at radius 3 is 2.47 bits per heavy atom. The molecule has 4 aromatic rings. The summed E-state index contributed by atoms with van der Waals surface area (Å²) in [6.07, 6.45) is 5.15. The lowest BCUT2D eigenvalue weighted by molar-refractivity contribution is -0.144. The van der Waals surface area contributed by atoms with Crippen molar-refractivity contribution in [3.63, 3.8) is 0 Å². The van der Waals surface area contributed by atoms with E-state index in [4.69, 9.17) is 35.7 Å². The van der Waals surface area contributed by atoms with Crippen LogP contribution in [0.25, 0.3) is 11.1 Å². The van der Waals surface area contributed by atoms with Crippen molar-refractivity contribution in [3.05, 3.63) is 105 Å². The number of aliphatic carboxylic acids is 1. The molecule has 1 saturated heterocycles. The normalized spacial score (nSPS) is 16.1. The highest BCUT2D eigenvalue weighted by Crippen LogP contribution is 2.36. The van der Waals surface area contributed by atoms with E-state index in [1.807, 2.05) is 24.3 Å². The molecule has 1 fully saturated rings. The van der Waals surface area contributed by atoms with Gasteiger partial charge in [0.2, 0.25) is 0 Å². The molecule has 288 valence electrons. The lowest BCUT2D eigenvalue weighted by Crippen LogP contribution is -2.41. The van der Waals surface area contributed by atoms with Gasteiger partial charge < -0.3 is 39.4 Å². The van der Waals surface area contributed by atoms with Crippen LogP contribution in [-0.4, -0.2) is 90.0 Å². The molecule has 0 aliphatic carbocycles. The zero-order chi connectivity index (χ0) is 38.7. The molecular formula is C42H46ClN5O7. The summed E-state index contributed by atoms with van der Waals surface area (Å²) in [4.78, 5) is 22.1. The van der Waals surface area contributed by atoms with Gasteiger partial charge in [0.25, 0.3) is 0 Å². The lowest BCUT2D eigenvalue weighted by atomic mass is 9.93. The number of carboxylic acid groups (broad SMARTS) is 1. The smallest absolute Gasteiger partial charge is 0.329 e. The van der Waals surface area contributed by atoms with E-state index in [2.05, 4.69) is 52.2 Å². The maximum atomic E-state index is 11.0. The third-order valence-electron chi connectivity index (χ3n) is 9.84. The number of hydrogen-bond acceptors (Lipinski definition) is 11. The standard InChI is InChI=1S/C42H46ClN5O7/c1-27-31(6-3-7-34(27)35-8-4-9-38(28(35)2)52-15-5-12-48-13-10-32(49)11-14-48)25-55-40-18-39(54-24-30-16-29(19-44)20-45-21-30)36(17-37(40)43)42-46-22-33(23-47-42)53-26-41(50)51/h3-4,6-9,16-18,20-21,32-33,49H,5,10-15,22-26H2,1-2H3,(H,46,47)(H,50,51). The van der Waals surface area contributed by atoms with Crippen LogP contribution in [0.15, 0.2) is 72.0 Å². The Labute approximate surface area is 326 Å². The minimum atomic E-state index is -1.04. The first-order valence-electron chi connectivity index (χ1n) is 18.5. The number of hydrogen-bond donors (Lipinski definition) is 3. The van der Waals surface area contributed by atoms with Crippen molar-refractivity contribution in [2.75, 3.05) is 45.9 Å². The second-order valence-corrected chi connectivity index (χ2v) is 14.1. The zero-order valence-corrected chi connectivity index (χ0v) is 31.8. The summed E-state index contributed by atoms with van der Waals surface area (Å²) in [5, 5.41) is 31.7. The third-order valence-corrected chi connectivity index (χ3v) is 10.1. The predicted octanol–water partition coefficient (Wildman–Crippen LogP) is 6.09. The molecule has 1 aromatic heterocycles. The number of benzene rings is 3. The van der Waals surface area contributed by atoms with Crippen LogP contribution >= 0.6 is 11.6 Å². The molecule has 3 N–H and O–H groups in total. The van der Waals surface area contributed by atoms with Gasteiger partial charge in [0.1, 0.15) is 49.0 Å². The SMILES string of the molecule is Cc1c(COc2cc(OCc3cncc(C#N)c3)c(C3=NCC(OCC(=O)O)CN3)cc2Cl)cccc1-c1cccc(OCCCN2CCC(O)CC2)c1C. The van der Waals surface area contributed by atoms with E-state index in [-0.39, 0.29) is 25.9 Å². The van der Waals surface area contributed by atoms with Gasteiger partial charge in [-0.2, -0.15) is 5.26 Å². The van der Waals surface area contributed by atoms with Crippen molar-refractivity contribution in [3.8, 4) is 34.4 Å². The molecule has 55 heavy (non-hydrogen) atoms. The van der Waals surface area contributed by atoms with Gasteiger partial charge in [0.15, 0.2) is 0 Å². The molecule has 12 nitrogen and oxygen atoms in total. The molecular weight excluding hydrogens is 722 g/mol. The molecule has 0 bridgehead atoms. The molecule has 3 heterocycles. The Balaban J connectivity index is 1.17.